The van der Waals surface area contributed by atoms with Crippen molar-refractivity contribution in [3.63, 3.8) is 0 Å². The summed E-state index contributed by atoms with van der Waals surface area (Å²) in [6.45, 7) is 6.49. The van der Waals surface area contributed by atoms with Crippen molar-refractivity contribution in [2.75, 3.05) is 13.6 Å². The second kappa shape index (κ2) is 8.50. The van der Waals surface area contributed by atoms with Gasteiger partial charge in [0.1, 0.15) is 11.9 Å². The Morgan fingerprint density at radius 1 is 1.00 bits per heavy atom. The molecule has 0 radical (unpaired) electrons. The maximum Gasteiger partial charge on any atom is 0.128 e. The molecule has 0 saturated carbocycles. The predicted octanol–water partition coefficient (Wildman–Crippen LogP) is 5.83. The van der Waals surface area contributed by atoms with Gasteiger partial charge < -0.3 is 9.64 Å². The predicted molar refractivity (Wildman–Crippen MR) is 108 cm³/mol. The van der Waals surface area contributed by atoms with E-state index in [1.807, 2.05) is 0 Å². The molecule has 2 aromatic carbocycles. The molecule has 0 aliphatic heterocycles. The van der Waals surface area contributed by atoms with E-state index in [-0.39, 0.29) is 6.10 Å². The number of ether oxygens (including phenoxy) is 1. The van der Waals surface area contributed by atoms with Crippen molar-refractivity contribution in [3.8, 4) is 5.75 Å². The van der Waals surface area contributed by atoms with E-state index in [9.17, 15) is 0 Å². The molecule has 0 spiro atoms. The first kappa shape index (κ1) is 18.0. The Labute approximate surface area is 155 Å². The molecule has 0 aliphatic carbocycles. The van der Waals surface area contributed by atoms with E-state index >= 15 is 0 Å². The highest BCUT2D eigenvalue weighted by Crippen LogP contribution is 2.31. The minimum Gasteiger partial charge on any atom is -0.489 e. The van der Waals surface area contributed by atoms with Crippen LogP contribution in [-0.4, -0.2) is 24.6 Å². The van der Waals surface area contributed by atoms with Crippen molar-refractivity contribution >= 4 is 21.4 Å². The van der Waals surface area contributed by atoms with E-state index < -0.39 is 0 Å². The number of benzene rings is 2. The monoisotopic (exact) mass is 353 g/mol. The van der Waals surface area contributed by atoms with Crippen LogP contribution < -0.4 is 4.74 Å². The Balaban J connectivity index is 1.61. The second-order valence-corrected chi connectivity index (χ2v) is 7.95. The molecule has 0 aliphatic rings. The van der Waals surface area contributed by atoms with E-state index in [0.717, 1.165) is 25.3 Å². The number of hydrogen-bond acceptors (Lipinski definition) is 3. The van der Waals surface area contributed by atoms with Crippen LogP contribution in [0.2, 0.25) is 0 Å². The van der Waals surface area contributed by atoms with Gasteiger partial charge in [0.25, 0.3) is 0 Å². The van der Waals surface area contributed by atoms with E-state index in [2.05, 4.69) is 85.8 Å². The third-order valence-corrected chi connectivity index (χ3v) is 5.45. The first-order valence-electron chi connectivity index (χ1n) is 8.99. The minimum absolute atomic E-state index is 0.226. The summed E-state index contributed by atoms with van der Waals surface area (Å²) in [5, 5.41) is 3.37. The van der Waals surface area contributed by atoms with Gasteiger partial charge in [0.05, 0.1) is 0 Å². The number of hydrogen-bond donors (Lipinski definition) is 0. The molecule has 0 bridgehead atoms. The third kappa shape index (κ3) is 4.83. The summed E-state index contributed by atoms with van der Waals surface area (Å²) in [4.78, 5) is 2.37. The zero-order valence-corrected chi connectivity index (χ0v) is 16.1. The molecular weight excluding hydrogens is 326 g/mol. The Bertz CT molecular complexity index is 781. The standard InChI is InChI=1S/C22H27NOS/c1-17(2)20(12-14-23(3)16-18-8-5-4-6-9-18)24-21-10-7-11-22-19(21)13-15-25-22/h4-11,13,15,17,20H,12,14,16H2,1-3H3. The van der Waals surface area contributed by atoms with E-state index in [4.69, 9.17) is 4.74 Å². The topological polar surface area (TPSA) is 12.5 Å². The highest BCUT2D eigenvalue weighted by molar-refractivity contribution is 7.17. The largest absolute Gasteiger partial charge is 0.489 e. The molecule has 0 amide bonds. The molecule has 3 rings (SSSR count). The van der Waals surface area contributed by atoms with Gasteiger partial charge in [-0.25, -0.2) is 0 Å². The quantitative estimate of drug-likeness (QED) is 0.505. The fraction of sp³-hybridized carbons (Fsp3) is 0.364. The van der Waals surface area contributed by atoms with Gasteiger partial charge in [-0.15, -0.1) is 11.3 Å². The average Bonchev–Trinajstić information content (AvgIpc) is 3.08. The van der Waals surface area contributed by atoms with Crippen LogP contribution >= 0.6 is 11.3 Å². The molecule has 3 heteroatoms. The van der Waals surface area contributed by atoms with Crippen molar-refractivity contribution in [2.24, 2.45) is 5.92 Å². The Kier molecular flexibility index (Phi) is 6.11. The summed E-state index contributed by atoms with van der Waals surface area (Å²) in [5.74, 6) is 1.50. The second-order valence-electron chi connectivity index (χ2n) is 7.00. The molecule has 132 valence electrons. The molecule has 1 unspecified atom stereocenters. The summed E-state index contributed by atoms with van der Waals surface area (Å²) >= 11 is 1.77. The van der Waals surface area contributed by atoms with Crippen molar-refractivity contribution in [2.45, 2.75) is 32.9 Å². The van der Waals surface area contributed by atoms with Crippen molar-refractivity contribution in [1.82, 2.24) is 4.90 Å². The van der Waals surface area contributed by atoms with E-state index in [0.29, 0.717) is 5.92 Å². The normalized spacial score (nSPS) is 12.8. The number of nitrogens with zero attached hydrogens (tertiary/aromatic N) is 1. The van der Waals surface area contributed by atoms with Crippen molar-refractivity contribution < 1.29 is 4.74 Å². The first-order valence-corrected chi connectivity index (χ1v) is 9.87. The lowest BCUT2D eigenvalue weighted by Gasteiger charge is -2.26. The lowest BCUT2D eigenvalue weighted by molar-refractivity contribution is 0.128. The molecule has 3 aromatic rings. The Morgan fingerprint density at radius 3 is 2.56 bits per heavy atom. The Morgan fingerprint density at radius 2 is 1.80 bits per heavy atom. The van der Waals surface area contributed by atoms with Crippen LogP contribution in [0.1, 0.15) is 25.8 Å². The zero-order valence-electron chi connectivity index (χ0n) is 15.3. The molecule has 1 heterocycles. The smallest absolute Gasteiger partial charge is 0.128 e. The molecule has 1 atom stereocenters. The van der Waals surface area contributed by atoms with Gasteiger partial charge in [-0.1, -0.05) is 50.2 Å². The van der Waals surface area contributed by atoms with Crippen LogP contribution in [0.5, 0.6) is 5.75 Å². The first-order chi connectivity index (χ1) is 12.1. The van der Waals surface area contributed by atoms with Crippen LogP contribution in [0.3, 0.4) is 0 Å². The van der Waals surface area contributed by atoms with Crippen molar-refractivity contribution in [1.29, 1.82) is 0 Å². The molecule has 25 heavy (non-hydrogen) atoms. The molecule has 0 saturated heterocycles. The summed E-state index contributed by atoms with van der Waals surface area (Å²) in [5.41, 5.74) is 1.36. The van der Waals surface area contributed by atoms with Crippen LogP contribution in [-0.2, 0) is 6.54 Å². The molecule has 1 aromatic heterocycles. The maximum absolute atomic E-state index is 6.43. The van der Waals surface area contributed by atoms with Gasteiger partial charge >= 0.3 is 0 Å². The summed E-state index contributed by atoms with van der Waals surface area (Å²) in [6.07, 6.45) is 1.25. The highest BCUT2D eigenvalue weighted by Gasteiger charge is 2.17. The lowest BCUT2D eigenvalue weighted by atomic mass is 10.0. The molecule has 0 fully saturated rings. The number of rotatable bonds is 8. The summed E-state index contributed by atoms with van der Waals surface area (Å²) in [6, 6.07) is 19.1. The van der Waals surface area contributed by atoms with Crippen LogP contribution in [0.4, 0.5) is 0 Å². The van der Waals surface area contributed by atoms with E-state index in [1.54, 1.807) is 11.3 Å². The van der Waals surface area contributed by atoms with Crippen LogP contribution in [0.25, 0.3) is 10.1 Å². The molecule has 0 N–H and O–H groups in total. The molecule has 2 nitrogen and oxygen atoms in total. The highest BCUT2D eigenvalue weighted by atomic mass is 32.1. The fourth-order valence-corrected chi connectivity index (χ4v) is 3.89. The van der Waals surface area contributed by atoms with Gasteiger partial charge in [0.2, 0.25) is 0 Å². The Hall–Kier alpha value is -1.84. The zero-order chi connectivity index (χ0) is 17.6. The maximum atomic E-state index is 6.43. The van der Waals surface area contributed by atoms with E-state index in [1.165, 1.54) is 15.6 Å². The number of fused-ring (bicyclic) bond motifs is 1. The van der Waals surface area contributed by atoms with Crippen LogP contribution in [0.15, 0.2) is 60.0 Å². The van der Waals surface area contributed by atoms with Gasteiger partial charge in [-0.2, -0.15) is 0 Å². The summed E-state index contributed by atoms with van der Waals surface area (Å²) < 4.78 is 7.72. The lowest BCUT2D eigenvalue weighted by Crippen LogP contribution is -2.29. The number of thiophene rings is 1. The van der Waals surface area contributed by atoms with Gasteiger partial charge in [-0.3, -0.25) is 0 Å². The minimum atomic E-state index is 0.226. The van der Waals surface area contributed by atoms with Crippen molar-refractivity contribution in [3.05, 3.63) is 65.5 Å². The van der Waals surface area contributed by atoms with Gasteiger partial charge in [0, 0.05) is 23.2 Å². The SMILES string of the molecule is CC(C)C(CCN(C)Cc1ccccc1)Oc1cccc2sccc12. The molecular formula is C22H27NOS. The van der Waals surface area contributed by atoms with Gasteiger partial charge in [0.15, 0.2) is 0 Å². The average molecular weight is 354 g/mol. The fourth-order valence-electron chi connectivity index (χ4n) is 3.08. The third-order valence-electron chi connectivity index (χ3n) is 4.57. The van der Waals surface area contributed by atoms with Crippen LogP contribution in [0, 0.1) is 5.92 Å². The summed E-state index contributed by atoms with van der Waals surface area (Å²) in [7, 11) is 2.18. The van der Waals surface area contributed by atoms with Gasteiger partial charge in [-0.05, 0) is 48.5 Å².